The zero-order valence-corrected chi connectivity index (χ0v) is 15.0. The summed E-state index contributed by atoms with van der Waals surface area (Å²) in [5.74, 6) is 1.28. The Kier molecular flexibility index (Phi) is 4.98. The molecule has 0 bridgehead atoms. The van der Waals surface area contributed by atoms with Gasteiger partial charge in [-0.15, -0.1) is 0 Å². The second-order valence-electron chi connectivity index (χ2n) is 6.04. The molecule has 0 heterocycles. The monoisotopic (exact) mass is 351 g/mol. The third-order valence-electron chi connectivity index (χ3n) is 4.37. The first-order chi connectivity index (χ1) is 12.5. The number of rotatable bonds is 5. The van der Waals surface area contributed by atoms with Gasteiger partial charge in [-0.1, -0.05) is 24.3 Å². The van der Waals surface area contributed by atoms with Crippen LogP contribution in [0.5, 0.6) is 17.2 Å². The van der Waals surface area contributed by atoms with Gasteiger partial charge in [0.25, 0.3) is 0 Å². The number of hydrogen-bond donors (Lipinski definition) is 2. The molecule has 0 unspecified atom stereocenters. The highest BCUT2D eigenvalue weighted by molar-refractivity contribution is 6.04. The molecule has 3 aromatic rings. The number of methoxy groups -OCH3 is 2. The number of nitrogens with one attached hydrogen (secondary N) is 1. The number of benzene rings is 3. The van der Waals surface area contributed by atoms with Crippen LogP contribution in [0.1, 0.15) is 11.1 Å². The molecular weight excluding hydrogens is 330 g/mol. The van der Waals surface area contributed by atoms with E-state index in [0.29, 0.717) is 22.6 Å². The van der Waals surface area contributed by atoms with Gasteiger partial charge >= 0.3 is 0 Å². The van der Waals surface area contributed by atoms with E-state index in [4.69, 9.17) is 9.47 Å². The van der Waals surface area contributed by atoms with E-state index in [-0.39, 0.29) is 18.1 Å². The number of carbonyl (C=O) groups is 1. The lowest BCUT2D eigenvalue weighted by Crippen LogP contribution is -2.15. The normalized spacial score (nSPS) is 10.6. The number of phenolic OH excluding ortho intramolecular Hbond substituents is 1. The number of aromatic hydroxyl groups is 1. The zero-order chi connectivity index (χ0) is 18.7. The molecule has 0 aliphatic rings. The Morgan fingerprint density at radius 3 is 2.38 bits per heavy atom. The summed E-state index contributed by atoms with van der Waals surface area (Å²) in [7, 11) is 3.15. The minimum Gasteiger partial charge on any atom is -0.507 e. The van der Waals surface area contributed by atoms with E-state index < -0.39 is 0 Å². The lowest BCUT2D eigenvalue weighted by atomic mass is 10.0. The molecule has 0 fully saturated rings. The summed E-state index contributed by atoms with van der Waals surface area (Å²) in [6, 6.07) is 14.4. The van der Waals surface area contributed by atoms with Crippen molar-refractivity contribution in [1.82, 2.24) is 0 Å². The van der Waals surface area contributed by atoms with Crippen molar-refractivity contribution < 1.29 is 19.4 Å². The standard InChI is InChI=1S/C21H21NO4/c1-13-10-19(25-2)20(26-3)11-14(13)12-21(24)22-17-8-4-7-16-15(17)6-5-9-18(16)23/h4-11,23H,12H2,1-3H3,(H,22,24). The molecule has 0 aliphatic carbocycles. The maximum Gasteiger partial charge on any atom is 0.228 e. The predicted molar refractivity (Wildman–Crippen MR) is 102 cm³/mol. The average Bonchev–Trinajstić information content (AvgIpc) is 2.64. The van der Waals surface area contributed by atoms with Crippen LogP contribution in [0.4, 0.5) is 5.69 Å². The topological polar surface area (TPSA) is 67.8 Å². The quantitative estimate of drug-likeness (QED) is 0.728. The van der Waals surface area contributed by atoms with Crippen molar-refractivity contribution in [2.75, 3.05) is 19.5 Å². The number of amides is 1. The maximum atomic E-state index is 12.6. The first-order valence-electron chi connectivity index (χ1n) is 8.25. The largest absolute Gasteiger partial charge is 0.507 e. The molecular formula is C21H21NO4. The molecule has 3 aromatic carbocycles. The van der Waals surface area contributed by atoms with Crippen molar-refractivity contribution in [2.45, 2.75) is 13.3 Å². The van der Waals surface area contributed by atoms with Crippen LogP contribution < -0.4 is 14.8 Å². The Morgan fingerprint density at radius 1 is 1.00 bits per heavy atom. The van der Waals surface area contributed by atoms with E-state index in [0.717, 1.165) is 16.5 Å². The summed E-state index contributed by atoms with van der Waals surface area (Å²) in [6.45, 7) is 1.93. The Labute approximate surface area is 152 Å². The third-order valence-corrected chi connectivity index (χ3v) is 4.37. The van der Waals surface area contributed by atoms with E-state index in [1.54, 1.807) is 32.4 Å². The van der Waals surface area contributed by atoms with E-state index in [2.05, 4.69) is 5.32 Å². The number of hydrogen-bond acceptors (Lipinski definition) is 4. The molecule has 0 radical (unpaired) electrons. The second-order valence-corrected chi connectivity index (χ2v) is 6.04. The van der Waals surface area contributed by atoms with Gasteiger partial charge in [-0.2, -0.15) is 0 Å². The summed E-state index contributed by atoms with van der Waals surface area (Å²) >= 11 is 0. The maximum absolute atomic E-state index is 12.6. The SMILES string of the molecule is COc1cc(C)c(CC(=O)Nc2cccc3c(O)cccc23)cc1OC. The van der Waals surface area contributed by atoms with Gasteiger partial charge < -0.3 is 19.9 Å². The number of ether oxygens (including phenoxy) is 2. The number of carbonyl (C=O) groups excluding carboxylic acids is 1. The van der Waals surface area contributed by atoms with Gasteiger partial charge in [-0.05, 0) is 42.3 Å². The molecule has 0 atom stereocenters. The lowest BCUT2D eigenvalue weighted by Gasteiger charge is -2.13. The van der Waals surface area contributed by atoms with Gasteiger partial charge in [0.05, 0.1) is 20.6 Å². The average molecular weight is 351 g/mol. The van der Waals surface area contributed by atoms with Gasteiger partial charge in [0.2, 0.25) is 5.91 Å². The highest BCUT2D eigenvalue weighted by Crippen LogP contribution is 2.32. The molecule has 1 amide bonds. The van der Waals surface area contributed by atoms with Crippen LogP contribution in [0, 0.1) is 6.92 Å². The smallest absolute Gasteiger partial charge is 0.228 e. The molecule has 3 rings (SSSR count). The fourth-order valence-electron chi connectivity index (χ4n) is 2.98. The van der Waals surface area contributed by atoms with Crippen LogP contribution in [-0.2, 0) is 11.2 Å². The van der Waals surface area contributed by atoms with Gasteiger partial charge in [0, 0.05) is 16.5 Å². The minimum absolute atomic E-state index is 0.142. The molecule has 134 valence electrons. The lowest BCUT2D eigenvalue weighted by molar-refractivity contribution is -0.115. The van der Waals surface area contributed by atoms with E-state index in [1.807, 2.05) is 37.3 Å². The summed E-state index contributed by atoms with van der Waals surface area (Å²) in [6.07, 6.45) is 0.210. The first-order valence-corrected chi connectivity index (χ1v) is 8.25. The number of anilines is 1. The number of phenols is 1. The molecule has 0 spiro atoms. The molecule has 0 saturated heterocycles. The van der Waals surface area contributed by atoms with Crippen molar-refractivity contribution >= 4 is 22.4 Å². The summed E-state index contributed by atoms with van der Waals surface area (Å²) < 4.78 is 10.6. The number of fused-ring (bicyclic) bond motifs is 1. The molecule has 0 saturated carbocycles. The highest BCUT2D eigenvalue weighted by Gasteiger charge is 2.13. The molecule has 5 heteroatoms. The Hall–Kier alpha value is -3.21. The summed E-state index contributed by atoms with van der Waals surface area (Å²) in [5.41, 5.74) is 2.48. The van der Waals surface area contributed by atoms with Crippen molar-refractivity contribution in [1.29, 1.82) is 0 Å². The number of aryl methyl sites for hydroxylation is 1. The van der Waals surface area contributed by atoms with Crippen molar-refractivity contribution in [2.24, 2.45) is 0 Å². The van der Waals surface area contributed by atoms with Gasteiger partial charge in [-0.25, -0.2) is 0 Å². The van der Waals surface area contributed by atoms with E-state index >= 15 is 0 Å². The zero-order valence-electron chi connectivity index (χ0n) is 15.0. The summed E-state index contributed by atoms with van der Waals surface area (Å²) in [4.78, 5) is 12.6. The Bertz CT molecular complexity index is 966. The van der Waals surface area contributed by atoms with Crippen LogP contribution in [0.25, 0.3) is 10.8 Å². The molecule has 0 aromatic heterocycles. The molecule has 26 heavy (non-hydrogen) atoms. The van der Waals surface area contributed by atoms with Crippen molar-refractivity contribution in [3.63, 3.8) is 0 Å². The van der Waals surface area contributed by atoms with E-state index in [1.165, 1.54) is 0 Å². The fraction of sp³-hybridized carbons (Fsp3) is 0.190. The van der Waals surface area contributed by atoms with Gasteiger partial charge in [-0.3, -0.25) is 4.79 Å². The predicted octanol–water partition coefficient (Wildman–Crippen LogP) is 4.05. The van der Waals surface area contributed by atoms with Crippen LogP contribution in [0.2, 0.25) is 0 Å². The van der Waals surface area contributed by atoms with Crippen LogP contribution in [0.3, 0.4) is 0 Å². The Morgan fingerprint density at radius 2 is 1.65 bits per heavy atom. The minimum atomic E-state index is -0.142. The van der Waals surface area contributed by atoms with Crippen molar-refractivity contribution in [3.05, 3.63) is 59.7 Å². The van der Waals surface area contributed by atoms with Crippen LogP contribution in [-0.4, -0.2) is 25.2 Å². The van der Waals surface area contributed by atoms with Crippen LogP contribution >= 0.6 is 0 Å². The van der Waals surface area contributed by atoms with Crippen molar-refractivity contribution in [3.8, 4) is 17.2 Å². The highest BCUT2D eigenvalue weighted by atomic mass is 16.5. The van der Waals surface area contributed by atoms with Crippen LogP contribution in [0.15, 0.2) is 48.5 Å². The van der Waals surface area contributed by atoms with Gasteiger partial charge in [0.15, 0.2) is 11.5 Å². The Balaban J connectivity index is 1.85. The molecule has 5 nitrogen and oxygen atoms in total. The van der Waals surface area contributed by atoms with Gasteiger partial charge in [0.1, 0.15) is 5.75 Å². The fourth-order valence-corrected chi connectivity index (χ4v) is 2.98. The summed E-state index contributed by atoms with van der Waals surface area (Å²) in [5, 5.41) is 14.4. The van der Waals surface area contributed by atoms with E-state index in [9.17, 15) is 9.90 Å². The third kappa shape index (κ3) is 3.42. The molecule has 2 N–H and O–H groups in total. The first kappa shape index (κ1) is 17.6. The molecule has 0 aliphatic heterocycles. The second kappa shape index (κ2) is 7.35.